The van der Waals surface area contributed by atoms with E-state index in [-0.39, 0.29) is 4.90 Å². The van der Waals surface area contributed by atoms with Crippen LogP contribution in [0.2, 0.25) is 0 Å². The molecule has 0 bridgehead atoms. The Morgan fingerprint density at radius 3 is 2.33 bits per heavy atom. The van der Waals surface area contributed by atoms with Crippen LogP contribution in [0.3, 0.4) is 0 Å². The number of benzene rings is 1. The van der Waals surface area contributed by atoms with Crippen molar-refractivity contribution in [3.8, 4) is 5.75 Å². The highest BCUT2D eigenvalue weighted by atomic mass is 79.9. The van der Waals surface area contributed by atoms with Gasteiger partial charge in [0.15, 0.2) is 0 Å². The molecule has 0 atom stereocenters. The number of sulfonamides is 1. The van der Waals surface area contributed by atoms with Crippen LogP contribution in [0, 0.1) is 0 Å². The predicted octanol–water partition coefficient (Wildman–Crippen LogP) is 2.88. The number of hydrogen-bond acceptors (Lipinski definition) is 3. The molecule has 0 unspecified atom stereocenters. The summed E-state index contributed by atoms with van der Waals surface area (Å²) in [6, 6.07) is 5.02. The molecule has 0 N–H and O–H groups in total. The Morgan fingerprint density at radius 2 is 1.83 bits per heavy atom. The molecule has 0 aliphatic heterocycles. The van der Waals surface area contributed by atoms with Crippen LogP contribution in [0.4, 0.5) is 0 Å². The summed E-state index contributed by atoms with van der Waals surface area (Å²) in [4.78, 5) is 0.211. The first-order valence-corrected chi connectivity index (χ1v) is 8.13. The van der Waals surface area contributed by atoms with Crippen LogP contribution in [0.1, 0.15) is 20.8 Å². The summed E-state index contributed by atoms with van der Waals surface area (Å²) in [6.07, 6.45) is 0. The van der Waals surface area contributed by atoms with Crippen molar-refractivity contribution in [2.45, 2.75) is 25.7 Å². The third-order valence-electron chi connectivity index (χ3n) is 2.53. The predicted molar refractivity (Wildman–Crippen MR) is 75.4 cm³/mol. The summed E-state index contributed by atoms with van der Waals surface area (Å²) in [7, 11) is -3.50. The normalized spacial score (nSPS) is 11.8. The fourth-order valence-corrected chi connectivity index (χ4v) is 3.79. The van der Waals surface area contributed by atoms with E-state index in [0.29, 0.717) is 25.4 Å². The quantitative estimate of drug-likeness (QED) is 0.802. The number of ether oxygens (including phenoxy) is 1. The van der Waals surface area contributed by atoms with Gasteiger partial charge < -0.3 is 4.74 Å². The van der Waals surface area contributed by atoms with Crippen LogP contribution in [0.15, 0.2) is 27.6 Å². The van der Waals surface area contributed by atoms with Gasteiger partial charge in [-0.05, 0) is 25.1 Å². The minimum Gasteiger partial charge on any atom is -0.492 e. The minimum absolute atomic E-state index is 0.211. The molecule has 0 spiro atoms. The molecule has 0 aliphatic carbocycles. The van der Waals surface area contributed by atoms with Crippen molar-refractivity contribution in [3.63, 3.8) is 0 Å². The van der Waals surface area contributed by atoms with Gasteiger partial charge in [-0.25, -0.2) is 8.42 Å². The fourth-order valence-electron chi connectivity index (χ4n) is 1.66. The standard InChI is InChI=1S/C12H18BrNO3S/c1-4-14(5-2)18(15,16)12-9-10(13)7-8-11(12)17-6-3/h7-9H,4-6H2,1-3H3. The maximum absolute atomic E-state index is 12.5. The Bertz CT molecular complexity index is 498. The van der Waals surface area contributed by atoms with Crippen molar-refractivity contribution in [2.75, 3.05) is 19.7 Å². The van der Waals surface area contributed by atoms with Gasteiger partial charge in [0.05, 0.1) is 6.61 Å². The molecule has 0 aromatic heterocycles. The number of rotatable bonds is 6. The Labute approximate surface area is 117 Å². The zero-order valence-electron chi connectivity index (χ0n) is 10.8. The lowest BCUT2D eigenvalue weighted by Gasteiger charge is -2.20. The molecule has 0 saturated carbocycles. The smallest absolute Gasteiger partial charge is 0.246 e. The van der Waals surface area contributed by atoms with Crippen molar-refractivity contribution < 1.29 is 13.2 Å². The van der Waals surface area contributed by atoms with E-state index in [1.54, 1.807) is 18.2 Å². The Kier molecular flexibility index (Phi) is 5.62. The van der Waals surface area contributed by atoms with Crippen LogP contribution in [-0.2, 0) is 10.0 Å². The van der Waals surface area contributed by atoms with Crippen molar-refractivity contribution in [1.29, 1.82) is 0 Å². The molecule has 18 heavy (non-hydrogen) atoms. The molecule has 0 aliphatic rings. The third-order valence-corrected chi connectivity index (χ3v) is 5.09. The molecule has 6 heteroatoms. The first kappa shape index (κ1) is 15.5. The second kappa shape index (κ2) is 6.54. The molecule has 4 nitrogen and oxygen atoms in total. The Balaban J connectivity index is 3.33. The molecule has 0 heterocycles. The first-order chi connectivity index (χ1) is 8.47. The lowest BCUT2D eigenvalue weighted by atomic mass is 10.3. The topological polar surface area (TPSA) is 46.6 Å². The average Bonchev–Trinajstić information content (AvgIpc) is 2.33. The van der Waals surface area contributed by atoms with Gasteiger partial charge in [0.2, 0.25) is 10.0 Å². The summed E-state index contributed by atoms with van der Waals surface area (Å²) in [6.45, 7) is 6.78. The Hall–Kier alpha value is -0.590. The van der Waals surface area contributed by atoms with Gasteiger partial charge in [0, 0.05) is 17.6 Å². The van der Waals surface area contributed by atoms with E-state index in [9.17, 15) is 8.42 Å². The number of hydrogen-bond donors (Lipinski definition) is 0. The second-order valence-corrected chi connectivity index (χ2v) is 6.44. The minimum atomic E-state index is -3.50. The molecule has 1 aromatic carbocycles. The van der Waals surface area contributed by atoms with Crippen LogP contribution in [-0.4, -0.2) is 32.4 Å². The Morgan fingerprint density at radius 1 is 1.22 bits per heavy atom. The molecular weight excluding hydrogens is 318 g/mol. The molecule has 0 amide bonds. The lowest BCUT2D eigenvalue weighted by molar-refractivity contribution is 0.329. The summed E-state index contributed by atoms with van der Waals surface area (Å²) in [5, 5.41) is 0. The first-order valence-electron chi connectivity index (χ1n) is 5.89. The van der Waals surface area contributed by atoms with E-state index in [1.807, 2.05) is 20.8 Å². The van der Waals surface area contributed by atoms with Gasteiger partial charge in [-0.2, -0.15) is 4.31 Å². The van der Waals surface area contributed by atoms with Crippen LogP contribution in [0.5, 0.6) is 5.75 Å². The van der Waals surface area contributed by atoms with Gasteiger partial charge in [0.1, 0.15) is 10.6 Å². The van der Waals surface area contributed by atoms with Crippen molar-refractivity contribution in [3.05, 3.63) is 22.7 Å². The zero-order chi connectivity index (χ0) is 13.8. The summed E-state index contributed by atoms with van der Waals surface area (Å²) in [5.74, 6) is 0.396. The average molecular weight is 336 g/mol. The van der Waals surface area contributed by atoms with Crippen molar-refractivity contribution >= 4 is 26.0 Å². The summed E-state index contributed by atoms with van der Waals surface area (Å²) in [5.41, 5.74) is 0. The van der Waals surface area contributed by atoms with Crippen LogP contribution < -0.4 is 4.74 Å². The number of nitrogens with zero attached hydrogens (tertiary/aromatic N) is 1. The molecular formula is C12H18BrNO3S. The monoisotopic (exact) mass is 335 g/mol. The van der Waals surface area contributed by atoms with Gasteiger partial charge in [-0.3, -0.25) is 0 Å². The van der Waals surface area contributed by atoms with Gasteiger partial charge in [-0.1, -0.05) is 29.8 Å². The fraction of sp³-hybridized carbons (Fsp3) is 0.500. The molecule has 0 fully saturated rings. The van der Waals surface area contributed by atoms with Crippen molar-refractivity contribution in [2.24, 2.45) is 0 Å². The highest BCUT2D eigenvalue weighted by Crippen LogP contribution is 2.29. The zero-order valence-corrected chi connectivity index (χ0v) is 13.2. The highest BCUT2D eigenvalue weighted by Gasteiger charge is 2.25. The van der Waals surface area contributed by atoms with E-state index < -0.39 is 10.0 Å². The van der Waals surface area contributed by atoms with Crippen LogP contribution in [0.25, 0.3) is 0 Å². The SMILES string of the molecule is CCOc1ccc(Br)cc1S(=O)(=O)N(CC)CC. The van der Waals surface area contributed by atoms with E-state index in [0.717, 1.165) is 4.47 Å². The largest absolute Gasteiger partial charge is 0.492 e. The lowest BCUT2D eigenvalue weighted by Crippen LogP contribution is -2.31. The van der Waals surface area contributed by atoms with E-state index in [4.69, 9.17) is 4.74 Å². The van der Waals surface area contributed by atoms with E-state index in [2.05, 4.69) is 15.9 Å². The maximum atomic E-state index is 12.5. The summed E-state index contributed by atoms with van der Waals surface area (Å²) < 4.78 is 32.5. The third kappa shape index (κ3) is 3.24. The molecule has 0 radical (unpaired) electrons. The van der Waals surface area contributed by atoms with Crippen LogP contribution >= 0.6 is 15.9 Å². The molecule has 102 valence electrons. The van der Waals surface area contributed by atoms with E-state index >= 15 is 0 Å². The van der Waals surface area contributed by atoms with E-state index in [1.165, 1.54) is 4.31 Å². The molecule has 1 aromatic rings. The molecule has 1 rings (SSSR count). The van der Waals surface area contributed by atoms with Gasteiger partial charge in [0.25, 0.3) is 0 Å². The van der Waals surface area contributed by atoms with Crippen molar-refractivity contribution in [1.82, 2.24) is 4.31 Å². The summed E-state index contributed by atoms with van der Waals surface area (Å²) >= 11 is 3.29. The highest BCUT2D eigenvalue weighted by molar-refractivity contribution is 9.10. The molecule has 0 saturated heterocycles. The van der Waals surface area contributed by atoms with Gasteiger partial charge >= 0.3 is 0 Å². The number of halogens is 1. The van der Waals surface area contributed by atoms with Gasteiger partial charge in [-0.15, -0.1) is 0 Å². The maximum Gasteiger partial charge on any atom is 0.246 e. The second-order valence-electron chi connectivity index (χ2n) is 3.61.